The maximum Gasteiger partial charge on any atom is 0.181 e. The van der Waals surface area contributed by atoms with Crippen molar-refractivity contribution in [3.05, 3.63) is 23.4 Å². The maximum absolute atomic E-state index is 5.57. The lowest BCUT2D eigenvalue weighted by Crippen LogP contribution is -1.93. The number of nitrogen functional groups attached to an aromatic ring is 1. The molecule has 2 aromatic rings. The molecule has 0 bridgehead atoms. The summed E-state index contributed by atoms with van der Waals surface area (Å²) >= 11 is 4.97. The fourth-order valence-electron chi connectivity index (χ4n) is 0.970. The normalized spacial score (nSPS) is 10.5. The molecule has 4 nitrogen and oxygen atoms in total. The number of anilines is 1. The van der Waals surface area contributed by atoms with Crippen molar-refractivity contribution >= 4 is 23.6 Å². The maximum atomic E-state index is 5.57. The predicted octanol–water partition coefficient (Wildman–Crippen LogP) is 0.974. The van der Waals surface area contributed by atoms with Crippen LogP contribution in [0.1, 0.15) is 0 Å². The fourth-order valence-corrected chi connectivity index (χ4v) is 1.19. The summed E-state index contributed by atoms with van der Waals surface area (Å²) < 4.78 is 2.41. The quantitative estimate of drug-likeness (QED) is 0.573. The molecule has 0 aliphatic carbocycles. The molecular formula is C6H6N4S. The molecule has 2 rings (SSSR count). The van der Waals surface area contributed by atoms with Crippen LogP contribution in [0.2, 0.25) is 0 Å². The molecule has 0 amide bonds. The number of nitrogens with one attached hydrogen (secondary N) is 1. The van der Waals surface area contributed by atoms with Gasteiger partial charge in [0, 0.05) is 18.6 Å². The van der Waals surface area contributed by atoms with E-state index in [1.54, 1.807) is 23.0 Å². The largest absolute Gasteiger partial charge is 0.382 e. The van der Waals surface area contributed by atoms with Gasteiger partial charge >= 0.3 is 0 Å². The van der Waals surface area contributed by atoms with Crippen LogP contribution in [-0.2, 0) is 0 Å². The molecule has 3 N–H and O–H groups in total. The number of aromatic amines is 1. The first-order valence-corrected chi connectivity index (χ1v) is 3.50. The van der Waals surface area contributed by atoms with E-state index in [0.717, 1.165) is 5.52 Å². The van der Waals surface area contributed by atoms with E-state index in [1.807, 2.05) is 0 Å². The van der Waals surface area contributed by atoms with Gasteiger partial charge < -0.3 is 10.7 Å². The summed E-state index contributed by atoms with van der Waals surface area (Å²) in [4.78, 5) is 6.79. The highest BCUT2D eigenvalue weighted by Crippen LogP contribution is 2.08. The number of aromatic nitrogens is 3. The Kier molecular flexibility index (Phi) is 1.19. The molecule has 0 spiro atoms. The minimum Gasteiger partial charge on any atom is -0.382 e. The van der Waals surface area contributed by atoms with Gasteiger partial charge in [0.05, 0.1) is 0 Å². The molecular weight excluding hydrogens is 160 g/mol. The SMILES string of the molecule is Nc1nccn2c(=S)[nH]cc12. The Labute approximate surface area is 67.7 Å². The van der Waals surface area contributed by atoms with Crippen LogP contribution in [0.25, 0.3) is 5.52 Å². The molecule has 0 aliphatic heterocycles. The summed E-state index contributed by atoms with van der Waals surface area (Å²) in [7, 11) is 0. The van der Waals surface area contributed by atoms with E-state index in [2.05, 4.69) is 9.97 Å². The van der Waals surface area contributed by atoms with Crippen LogP contribution in [-0.4, -0.2) is 14.4 Å². The first-order valence-electron chi connectivity index (χ1n) is 3.09. The number of hydrogen-bond donors (Lipinski definition) is 2. The zero-order chi connectivity index (χ0) is 7.84. The Morgan fingerprint density at radius 3 is 3.18 bits per heavy atom. The highest BCUT2D eigenvalue weighted by Gasteiger charge is 1.97. The summed E-state index contributed by atoms with van der Waals surface area (Å²) in [5.74, 6) is 0.486. The van der Waals surface area contributed by atoms with Gasteiger partial charge in [-0.25, -0.2) is 4.98 Å². The number of nitrogens with two attached hydrogens (primary N) is 1. The van der Waals surface area contributed by atoms with Gasteiger partial charge in [-0.15, -0.1) is 0 Å². The van der Waals surface area contributed by atoms with E-state index >= 15 is 0 Å². The van der Waals surface area contributed by atoms with Crippen molar-refractivity contribution in [2.45, 2.75) is 0 Å². The lowest BCUT2D eigenvalue weighted by atomic mass is 10.5. The van der Waals surface area contributed by atoms with E-state index < -0.39 is 0 Å². The van der Waals surface area contributed by atoms with E-state index in [-0.39, 0.29) is 0 Å². The molecule has 0 radical (unpaired) electrons. The molecule has 2 heterocycles. The first kappa shape index (κ1) is 6.36. The van der Waals surface area contributed by atoms with Crippen molar-refractivity contribution in [2.24, 2.45) is 0 Å². The van der Waals surface area contributed by atoms with Crippen molar-refractivity contribution in [2.75, 3.05) is 5.73 Å². The third kappa shape index (κ3) is 0.813. The van der Waals surface area contributed by atoms with E-state index in [9.17, 15) is 0 Å². The van der Waals surface area contributed by atoms with Crippen LogP contribution in [0.5, 0.6) is 0 Å². The predicted molar refractivity (Wildman–Crippen MR) is 44.8 cm³/mol. The summed E-state index contributed by atoms with van der Waals surface area (Å²) in [6.45, 7) is 0. The minimum absolute atomic E-state index is 0.486. The molecule has 0 aromatic carbocycles. The lowest BCUT2D eigenvalue weighted by molar-refractivity contribution is 1.09. The molecule has 2 aromatic heterocycles. The van der Waals surface area contributed by atoms with E-state index in [4.69, 9.17) is 18.0 Å². The molecule has 0 saturated carbocycles. The van der Waals surface area contributed by atoms with Gasteiger partial charge in [0.1, 0.15) is 11.3 Å². The average molecular weight is 166 g/mol. The van der Waals surface area contributed by atoms with Crippen molar-refractivity contribution in [1.29, 1.82) is 0 Å². The number of hydrogen-bond acceptors (Lipinski definition) is 3. The topological polar surface area (TPSA) is 59.1 Å². The van der Waals surface area contributed by atoms with Crippen LogP contribution in [0.4, 0.5) is 5.82 Å². The van der Waals surface area contributed by atoms with E-state index in [0.29, 0.717) is 10.6 Å². The van der Waals surface area contributed by atoms with Crippen LogP contribution in [0.3, 0.4) is 0 Å². The number of rotatable bonds is 0. The average Bonchev–Trinajstić information content (AvgIpc) is 2.35. The second-order valence-corrected chi connectivity index (χ2v) is 2.55. The fraction of sp³-hybridized carbons (Fsp3) is 0. The van der Waals surface area contributed by atoms with Crippen molar-refractivity contribution in [1.82, 2.24) is 14.4 Å². The molecule has 0 aliphatic rings. The summed E-state index contributed by atoms with van der Waals surface area (Å²) in [5, 5.41) is 0. The number of H-pyrrole nitrogens is 1. The minimum atomic E-state index is 0.486. The molecule has 0 unspecified atom stereocenters. The smallest absolute Gasteiger partial charge is 0.181 e. The second kappa shape index (κ2) is 2.06. The third-order valence-electron chi connectivity index (χ3n) is 1.50. The second-order valence-electron chi connectivity index (χ2n) is 2.16. The standard InChI is InChI=1S/C6H6N4S/c7-5-4-3-9-6(11)10(4)2-1-8-5/h1-3H,(H2,7,8)(H,9,11). The Hall–Kier alpha value is -1.36. The molecule has 11 heavy (non-hydrogen) atoms. The molecule has 56 valence electrons. The number of imidazole rings is 1. The van der Waals surface area contributed by atoms with Gasteiger partial charge in [0.2, 0.25) is 0 Å². The highest BCUT2D eigenvalue weighted by molar-refractivity contribution is 7.71. The Bertz CT molecular complexity index is 441. The van der Waals surface area contributed by atoms with E-state index in [1.165, 1.54) is 0 Å². The lowest BCUT2D eigenvalue weighted by Gasteiger charge is -1.93. The molecule has 5 heteroatoms. The molecule has 0 saturated heterocycles. The Balaban J connectivity index is 3.06. The molecule has 0 fully saturated rings. The van der Waals surface area contributed by atoms with Crippen molar-refractivity contribution < 1.29 is 0 Å². The Morgan fingerprint density at radius 2 is 2.45 bits per heavy atom. The van der Waals surface area contributed by atoms with Crippen LogP contribution in [0, 0.1) is 4.77 Å². The highest BCUT2D eigenvalue weighted by atomic mass is 32.1. The number of nitrogens with zero attached hydrogens (tertiary/aromatic N) is 2. The van der Waals surface area contributed by atoms with Crippen LogP contribution in [0.15, 0.2) is 18.6 Å². The van der Waals surface area contributed by atoms with Crippen molar-refractivity contribution in [3.63, 3.8) is 0 Å². The summed E-state index contributed by atoms with van der Waals surface area (Å²) in [5.41, 5.74) is 6.39. The summed E-state index contributed by atoms with van der Waals surface area (Å²) in [6, 6.07) is 0. The zero-order valence-corrected chi connectivity index (χ0v) is 6.43. The number of fused-ring (bicyclic) bond motifs is 1. The van der Waals surface area contributed by atoms with Gasteiger partial charge in [-0.2, -0.15) is 0 Å². The van der Waals surface area contributed by atoms with Gasteiger partial charge in [0.15, 0.2) is 4.77 Å². The van der Waals surface area contributed by atoms with Crippen LogP contribution >= 0.6 is 12.2 Å². The van der Waals surface area contributed by atoms with Crippen molar-refractivity contribution in [3.8, 4) is 0 Å². The zero-order valence-electron chi connectivity index (χ0n) is 5.61. The van der Waals surface area contributed by atoms with Crippen LogP contribution < -0.4 is 5.73 Å². The third-order valence-corrected chi connectivity index (χ3v) is 1.82. The van der Waals surface area contributed by atoms with Gasteiger partial charge in [-0.05, 0) is 12.2 Å². The monoisotopic (exact) mass is 166 g/mol. The van der Waals surface area contributed by atoms with Gasteiger partial charge in [0.25, 0.3) is 0 Å². The van der Waals surface area contributed by atoms with Gasteiger partial charge in [-0.1, -0.05) is 0 Å². The molecule has 0 atom stereocenters. The van der Waals surface area contributed by atoms with Gasteiger partial charge in [-0.3, -0.25) is 4.40 Å². The summed E-state index contributed by atoms with van der Waals surface area (Å²) in [6.07, 6.45) is 5.13. The first-order chi connectivity index (χ1) is 5.29. The Morgan fingerprint density at radius 1 is 1.64 bits per heavy atom.